The SMILES string of the molecule is C=C(C)C(=O)OCCCCCCCCC(CCCCCCCC)C(OC)(OC)OC. The van der Waals surface area contributed by atoms with Gasteiger partial charge in [-0.25, -0.2) is 4.79 Å². The molecule has 0 aromatic heterocycles. The van der Waals surface area contributed by atoms with Crippen LogP contribution in [0.1, 0.15) is 104 Å². The summed E-state index contributed by atoms with van der Waals surface area (Å²) in [6.45, 7) is 8.00. The Morgan fingerprint density at radius 3 is 1.63 bits per heavy atom. The summed E-state index contributed by atoms with van der Waals surface area (Å²) in [6, 6.07) is 0. The van der Waals surface area contributed by atoms with Gasteiger partial charge in [-0.1, -0.05) is 84.1 Å². The lowest BCUT2D eigenvalue weighted by Crippen LogP contribution is -2.44. The van der Waals surface area contributed by atoms with Gasteiger partial charge in [0.1, 0.15) is 0 Å². The van der Waals surface area contributed by atoms with E-state index < -0.39 is 5.97 Å². The molecule has 5 nitrogen and oxygen atoms in total. The van der Waals surface area contributed by atoms with Crippen LogP contribution in [0.15, 0.2) is 12.2 Å². The standard InChI is InChI=1S/C25H48O5/c1-7-8-9-10-13-16-19-23(25(27-4,28-5)29-6)20-17-14-11-12-15-18-21-30-24(26)22(2)3/h23H,2,7-21H2,1,3-6H3. The highest BCUT2D eigenvalue weighted by atomic mass is 16.9. The smallest absolute Gasteiger partial charge is 0.333 e. The van der Waals surface area contributed by atoms with Gasteiger partial charge in [-0.3, -0.25) is 0 Å². The van der Waals surface area contributed by atoms with Gasteiger partial charge in [0.05, 0.1) is 6.61 Å². The van der Waals surface area contributed by atoms with Crippen molar-refractivity contribution in [2.45, 2.75) is 110 Å². The summed E-state index contributed by atoms with van der Waals surface area (Å²) in [5.41, 5.74) is 0.463. The number of ether oxygens (including phenoxy) is 4. The first-order valence-corrected chi connectivity index (χ1v) is 11.9. The van der Waals surface area contributed by atoms with E-state index in [0.29, 0.717) is 12.2 Å². The topological polar surface area (TPSA) is 54.0 Å². The monoisotopic (exact) mass is 428 g/mol. The molecule has 0 saturated heterocycles. The largest absolute Gasteiger partial charge is 0.462 e. The summed E-state index contributed by atoms with van der Waals surface area (Å²) in [5, 5.41) is 0. The van der Waals surface area contributed by atoms with Crippen LogP contribution in [0.5, 0.6) is 0 Å². The number of hydrogen-bond donors (Lipinski definition) is 0. The van der Waals surface area contributed by atoms with E-state index in [2.05, 4.69) is 13.5 Å². The molecule has 178 valence electrons. The number of hydrogen-bond acceptors (Lipinski definition) is 5. The zero-order valence-corrected chi connectivity index (χ0v) is 20.4. The van der Waals surface area contributed by atoms with Crippen LogP contribution in [0.25, 0.3) is 0 Å². The first-order chi connectivity index (χ1) is 14.5. The molecule has 0 saturated carbocycles. The zero-order valence-electron chi connectivity index (χ0n) is 20.4. The molecule has 30 heavy (non-hydrogen) atoms. The Labute approximate surface area is 185 Å². The fraction of sp³-hybridized carbons (Fsp3) is 0.880. The van der Waals surface area contributed by atoms with Crippen LogP contribution in [0, 0.1) is 5.92 Å². The lowest BCUT2D eigenvalue weighted by atomic mass is 9.91. The summed E-state index contributed by atoms with van der Waals surface area (Å²) in [7, 11) is 5.01. The number of esters is 1. The van der Waals surface area contributed by atoms with Gasteiger partial charge in [-0.05, 0) is 26.2 Å². The Bertz CT molecular complexity index is 423. The summed E-state index contributed by atoms with van der Waals surface area (Å²) >= 11 is 0. The predicted molar refractivity (Wildman–Crippen MR) is 123 cm³/mol. The van der Waals surface area contributed by atoms with Crippen LogP contribution in [0.3, 0.4) is 0 Å². The van der Waals surface area contributed by atoms with Crippen LogP contribution >= 0.6 is 0 Å². The molecule has 1 unspecified atom stereocenters. The van der Waals surface area contributed by atoms with Gasteiger partial charge in [-0.15, -0.1) is 0 Å². The third-order valence-corrected chi connectivity index (χ3v) is 5.79. The Kier molecular flexibility index (Phi) is 18.3. The molecule has 0 radical (unpaired) electrons. The van der Waals surface area contributed by atoms with Gasteiger partial charge in [0.2, 0.25) is 0 Å². The highest BCUT2D eigenvalue weighted by Crippen LogP contribution is 2.33. The molecule has 0 aromatic carbocycles. The summed E-state index contributed by atoms with van der Waals surface area (Å²) in [4.78, 5) is 11.3. The van der Waals surface area contributed by atoms with Gasteiger partial charge in [0, 0.05) is 32.8 Å². The average Bonchev–Trinajstić information content (AvgIpc) is 2.75. The number of carbonyl (C=O) groups excluding carboxylic acids is 1. The van der Waals surface area contributed by atoms with Crippen molar-refractivity contribution < 1.29 is 23.7 Å². The maximum Gasteiger partial charge on any atom is 0.333 e. The molecule has 0 spiro atoms. The zero-order chi connectivity index (χ0) is 22.7. The Balaban J connectivity index is 4.14. The van der Waals surface area contributed by atoms with Crippen molar-refractivity contribution in [2.24, 2.45) is 5.92 Å². The van der Waals surface area contributed by atoms with Crippen molar-refractivity contribution in [1.82, 2.24) is 0 Å². The molecule has 0 amide bonds. The normalized spacial score (nSPS) is 12.7. The summed E-state index contributed by atoms with van der Waals surface area (Å²) < 4.78 is 22.1. The fourth-order valence-corrected chi connectivity index (χ4v) is 3.91. The van der Waals surface area contributed by atoms with Crippen molar-refractivity contribution in [1.29, 1.82) is 0 Å². The molecule has 5 heteroatoms. The van der Waals surface area contributed by atoms with Crippen LogP contribution in [-0.2, 0) is 23.7 Å². The third kappa shape index (κ3) is 12.7. The van der Waals surface area contributed by atoms with Crippen LogP contribution in [-0.4, -0.2) is 39.9 Å². The minimum Gasteiger partial charge on any atom is -0.462 e. The van der Waals surface area contributed by atoms with Crippen molar-refractivity contribution in [2.75, 3.05) is 27.9 Å². The van der Waals surface area contributed by atoms with Crippen molar-refractivity contribution >= 4 is 5.97 Å². The molecule has 0 heterocycles. The van der Waals surface area contributed by atoms with E-state index in [9.17, 15) is 4.79 Å². The second kappa shape index (κ2) is 18.8. The maximum atomic E-state index is 11.3. The van der Waals surface area contributed by atoms with Crippen LogP contribution in [0.2, 0.25) is 0 Å². The van der Waals surface area contributed by atoms with Gasteiger partial charge >= 0.3 is 5.97 Å². The molecule has 0 N–H and O–H groups in total. The second-order valence-electron chi connectivity index (χ2n) is 8.30. The van der Waals surface area contributed by atoms with Gasteiger partial charge < -0.3 is 18.9 Å². The summed E-state index contributed by atoms with van der Waals surface area (Å²) in [6.07, 6.45) is 16.5. The molecule has 0 bridgehead atoms. The van der Waals surface area contributed by atoms with Gasteiger partial charge in [0.25, 0.3) is 5.97 Å². The molecular formula is C25H48O5. The van der Waals surface area contributed by atoms with Gasteiger partial charge in [0.15, 0.2) is 0 Å². The Morgan fingerprint density at radius 1 is 0.767 bits per heavy atom. The molecule has 0 aromatic rings. The number of carbonyl (C=O) groups is 1. The first kappa shape index (κ1) is 29.1. The molecule has 0 fully saturated rings. The number of unbranched alkanes of at least 4 members (excludes halogenated alkanes) is 10. The van der Waals surface area contributed by atoms with Crippen molar-refractivity contribution in [3.8, 4) is 0 Å². The highest BCUT2D eigenvalue weighted by Gasteiger charge is 2.39. The molecular weight excluding hydrogens is 380 g/mol. The fourth-order valence-electron chi connectivity index (χ4n) is 3.91. The van der Waals surface area contributed by atoms with Crippen LogP contribution < -0.4 is 0 Å². The van der Waals surface area contributed by atoms with E-state index in [1.165, 1.54) is 51.4 Å². The number of methoxy groups -OCH3 is 3. The van der Waals surface area contributed by atoms with E-state index in [-0.39, 0.29) is 11.9 Å². The maximum absolute atomic E-state index is 11.3. The number of rotatable bonds is 21. The van der Waals surface area contributed by atoms with E-state index in [1.54, 1.807) is 28.3 Å². The first-order valence-electron chi connectivity index (χ1n) is 11.9. The van der Waals surface area contributed by atoms with Crippen LogP contribution in [0.4, 0.5) is 0 Å². The van der Waals surface area contributed by atoms with E-state index in [0.717, 1.165) is 38.5 Å². The average molecular weight is 429 g/mol. The van der Waals surface area contributed by atoms with Gasteiger partial charge in [-0.2, -0.15) is 0 Å². The minimum atomic E-state index is -0.934. The lowest BCUT2D eigenvalue weighted by molar-refractivity contribution is -0.380. The predicted octanol–water partition coefficient (Wildman–Crippen LogP) is 6.80. The van der Waals surface area contributed by atoms with Crippen molar-refractivity contribution in [3.05, 3.63) is 12.2 Å². The Hall–Kier alpha value is -0.910. The molecule has 0 aliphatic rings. The molecule has 0 rings (SSSR count). The van der Waals surface area contributed by atoms with E-state index >= 15 is 0 Å². The van der Waals surface area contributed by atoms with E-state index in [1.807, 2.05) is 0 Å². The lowest BCUT2D eigenvalue weighted by Gasteiger charge is -2.36. The molecule has 0 aliphatic heterocycles. The van der Waals surface area contributed by atoms with Crippen molar-refractivity contribution in [3.63, 3.8) is 0 Å². The quantitative estimate of drug-likeness (QED) is 0.0871. The molecule has 0 aliphatic carbocycles. The molecule has 1 atom stereocenters. The Morgan fingerprint density at radius 2 is 1.20 bits per heavy atom. The minimum absolute atomic E-state index is 0.241. The third-order valence-electron chi connectivity index (χ3n) is 5.79. The second-order valence-corrected chi connectivity index (χ2v) is 8.30. The highest BCUT2D eigenvalue weighted by molar-refractivity contribution is 5.86. The van der Waals surface area contributed by atoms with E-state index in [4.69, 9.17) is 18.9 Å². The summed E-state index contributed by atoms with van der Waals surface area (Å²) in [5.74, 6) is -0.981.